The van der Waals surface area contributed by atoms with Gasteiger partial charge in [0.15, 0.2) is 11.5 Å². The zero-order chi connectivity index (χ0) is 17.9. The summed E-state index contributed by atoms with van der Waals surface area (Å²) in [6.07, 6.45) is 8.18. The van der Waals surface area contributed by atoms with E-state index in [4.69, 9.17) is 11.6 Å². The van der Waals surface area contributed by atoms with Crippen LogP contribution < -0.4 is 5.32 Å². The molecule has 4 rings (SSSR count). The van der Waals surface area contributed by atoms with Gasteiger partial charge in [0, 0.05) is 23.5 Å². The number of benzene rings is 1. The van der Waals surface area contributed by atoms with Crippen LogP contribution in [0.5, 0.6) is 0 Å². The van der Waals surface area contributed by atoms with Crippen LogP contribution in [-0.4, -0.2) is 31.5 Å². The molecule has 0 atom stereocenters. The highest BCUT2D eigenvalue weighted by Gasteiger charge is 2.24. The fraction of sp³-hybridized carbons (Fsp3) is 0.316. The van der Waals surface area contributed by atoms with Gasteiger partial charge in [-0.1, -0.05) is 41.8 Å². The molecule has 26 heavy (non-hydrogen) atoms. The Hall–Kier alpha value is -2.60. The summed E-state index contributed by atoms with van der Waals surface area (Å²) < 4.78 is 3.62. The molecule has 1 fully saturated rings. The Labute approximate surface area is 156 Å². The molecule has 2 aromatic heterocycles. The summed E-state index contributed by atoms with van der Waals surface area (Å²) in [4.78, 5) is 12.8. The molecule has 1 aliphatic carbocycles. The van der Waals surface area contributed by atoms with E-state index in [9.17, 15) is 4.79 Å². The van der Waals surface area contributed by atoms with Crippen LogP contribution in [0, 0.1) is 0 Å². The molecule has 0 aliphatic heterocycles. The van der Waals surface area contributed by atoms with Crippen LogP contribution in [0.25, 0.3) is 5.82 Å². The lowest BCUT2D eigenvalue weighted by Gasteiger charge is -2.12. The predicted molar refractivity (Wildman–Crippen MR) is 99.6 cm³/mol. The maximum atomic E-state index is 12.8. The van der Waals surface area contributed by atoms with E-state index in [0.29, 0.717) is 23.1 Å². The van der Waals surface area contributed by atoms with Gasteiger partial charge in [-0.2, -0.15) is 0 Å². The molecular weight excluding hydrogens is 350 g/mol. The van der Waals surface area contributed by atoms with E-state index in [0.717, 1.165) is 18.4 Å². The largest absolute Gasteiger partial charge is 0.348 e. The highest BCUT2D eigenvalue weighted by atomic mass is 35.5. The second-order valence-corrected chi connectivity index (χ2v) is 7.03. The Morgan fingerprint density at radius 1 is 1.15 bits per heavy atom. The zero-order valence-corrected chi connectivity index (χ0v) is 15.1. The topological polar surface area (TPSA) is 64.7 Å². The van der Waals surface area contributed by atoms with E-state index in [1.165, 1.54) is 12.8 Å². The lowest BCUT2D eigenvalue weighted by molar-refractivity contribution is 0.0932. The number of amides is 1. The number of carbonyl (C=O) groups is 1. The number of halogens is 1. The number of aromatic nitrogens is 4. The molecule has 6 nitrogen and oxygen atoms in total. The fourth-order valence-electron chi connectivity index (χ4n) is 3.38. The van der Waals surface area contributed by atoms with Crippen molar-refractivity contribution in [3.05, 3.63) is 65.1 Å². The van der Waals surface area contributed by atoms with Gasteiger partial charge in [0.1, 0.15) is 0 Å². The molecule has 2 heterocycles. The summed E-state index contributed by atoms with van der Waals surface area (Å²) in [6, 6.07) is 11.6. The smallest absolute Gasteiger partial charge is 0.275 e. The normalized spacial score (nSPS) is 14.7. The minimum atomic E-state index is -0.164. The maximum Gasteiger partial charge on any atom is 0.275 e. The van der Waals surface area contributed by atoms with Crippen molar-refractivity contribution < 1.29 is 4.79 Å². The molecule has 1 saturated carbocycles. The van der Waals surface area contributed by atoms with E-state index in [1.54, 1.807) is 4.68 Å². The second-order valence-electron chi connectivity index (χ2n) is 6.59. The summed E-state index contributed by atoms with van der Waals surface area (Å²) in [5.74, 6) is 0.503. The van der Waals surface area contributed by atoms with Crippen molar-refractivity contribution >= 4 is 17.5 Å². The molecule has 7 heteroatoms. The first-order valence-corrected chi connectivity index (χ1v) is 9.20. The predicted octanol–water partition coefficient (Wildman–Crippen LogP) is 3.44. The van der Waals surface area contributed by atoms with Crippen LogP contribution in [0.3, 0.4) is 0 Å². The first-order chi connectivity index (χ1) is 12.7. The third-order valence-corrected chi connectivity index (χ3v) is 4.96. The first kappa shape index (κ1) is 16.8. The summed E-state index contributed by atoms with van der Waals surface area (Å²) in [5.41, 5.74) is 1.39. The van der Waals surface area contributed by atoms with Crippen molar-refractivity contribution in [2.45, 2.75) is 38.3 Å². The summed E-state index contributed by atoms with van der Waals surface area (Å²) in [5, 5.41) is 12.2. The molecule has 3 aromatic rings. The van der Waals surface area contributed by atoms with Crippen LogP contribution >= 0.6 is 11.6 Å². The van der Waals surface area contributed by atoms with Gasteiger partial charge in [-0.15, -0.1) is 5.10 Å². The van der Waals surface area contributed by atoms with Gasteiger partial charge < -0.3 is 9.88 Å². The molecule has 1 N–H and O–H groups in total. The standard InChI is InChI=1S/C19H20ClN5O/c20-15-9-7-14(8-10-15)13-25-19(24-11-3-4-12-24)17(22-23-25)18(26)21-16-5-1-2-6-16/h3-4,7-12,16H,1-2,5-6,13H2,(H,21,26). The highest BCUT2D eigenvalue weighted by molar-refractivity contribution is 6.30. The Kier molecular flexibility index (Phi) is 4.75. The maximum absolute atomic E-state index is 12.8. The third-order valence-electron chi connectivity index (χ3n) is 4.71. The molecule has 0 spiro atoms. The average Bonchev–Trinajstić information content (AvgIpc) is 3.37. The number of rotatable bonds is 5. The van der Waals surface area contributed by atoms with Crippen molar-refractivity contribution in [3.63, 3.8) is 0 Å². The van der Waals surface area contributed by atoms with Gasteiger partial charge in [-0.3, -0.25) is 4.79 Å². The molecule has 1 aliphatic rings. The van der Waals surface area contributed by atoms with Crippen LogP contribution in [-0.2, 0) is 6.54 Å². The van der Waals surface area contributed by atoms with E-state index in [1.807, 2.05) is 53.4 Å². The van der Waals surface area contributed by atoms with Crippen LogP contribution in [0.1, 0.15) is 41.7 Å². The van der Waals surface area contributed by atoms with Gasteiger partial charge >= 0.3 is 0 Å². The minimum Gasteiger partial charge on any atom is -0.348 e. The Morgan fingerprint density at radius 3 is 2.54 bits per heavy atom. The number of hydrogen-bond acceptors (Lipinski definition) is 3. The van der Waals surface area contributed by atoms with E-state index in [2.05, 4.69) is 15.6 Å². The van der Waals surface area contributed by atoms with Crippen molar-refractivity contribution in [1.29, 1.82) is 0 Å². The highest BCUT2D eigenvalue weighted by Crippen LogP contribution is 2.20. The molecule has 1 aromatic carbocycles. The van der Waals surface area contributed by atoms with E-state index < -0.39 is 0 Å². The number of hydrogen-bond donors (Lipinski definition) is 1. The SMILES string of the molecule is O=C(NC1CCCC1)c1nnn(Cc2ccc(Cl)cc2)c1-n1cccc1. The molecular formula is C19H20ClN5O. The molecule has 134 valence electrons. The average molecular weight is 370 g/mol. The number of nitrogens with one attached hydrogen (secondary N) is 1. The summed E-state index contributed by atoms with van der Waals surface area (Å²) in [7, 11) is 0. The second kappa shape index (κ2) is 7.33. The summed E-state index contributed by atoms with van der Waals surface area (Å²) >= 11 is 5.96. The fourth-order valence-corrected chi connectivity index (χ4v) is 3.51. The zero-order valence-electron chi connectivity index (χ0n) is 14.3. The third kappa shape index (κ3) is 3.51. The van der Waals surface area contributed by atoms with E-state index in [-0.39, 0.29) is 11.9 Å². The minimum absolute atomic E-state index is 0.164. The Morgan fingerprint density at radius 2 is 1.85 bits per heavy atom. The van der Waals surface area contributed by atoms with E-state index >= 15 is 0 Å². The Balaban J connectivity index is 1.65. The van der Waals surface area contributed by atoms with Crippen LogP contribution in [0.15, 0.2) is 48.8 Å². The summed E-state index contributed by atoms with van der Waals surface area (Å²) in [6.45, 7) is 0.508. The van der Waals surface area contributed by atoms with Gasteiger partial charge in [0.2, 0.25) is 0 Å². The van der Waals surface area contributed by atoms with Crippen molar-refractivity contribution in [2.75, 3.05) is 0 Å². The lowest BCUT2D eigenvalue weighted by Crippen LogP contribution is -2.33. The quantitative estimate of drug-likeness (QED) is 0.749. The lowest BCUT2D eigenvalue weighted by atomic mass is 10.2. The number of nitrogens with zero attached hydrogens (tertiary/aromatic N) is 4. The van der Waals surface area contributed by atoms with Gasteiger partial charge in [0.05, 0.1) is 6.54 Å². The van der Waals surface area contributed by atoms with Gasteiger partial charge in [0.25, 0.3) is 5.91 Å². The van der Waals surface area contributed by atoms with Gasteiger partial charge in [-0.05, 0) is 42.7 Å². The Bertz CT molecular complexity index is 879. The van der Waals surface area contributed by atoms with Crippen molar-refractivity contribution in [1.82, 2.24) is 24.9 Å². The molecule has 1 amide bonds. The molecule has 0 bridgehead atoms. The molecule has 0 saturated heterocycles. The monoisotopic (exact) mass is 369 g/mol. The van der Waals surface area contributed by atoms with Crippen LogP contribution in [0.4, 0.5) is 0 Å². The van der Waals surface area contributed by atoms with Crippen molar-refractivity contribution in [3.8, 4) is 5.82 Å². The van der Waals surface area contributed by atoms with Crippen LogP contribution in [0.2, 0.25) is 5.02 Å². The van der Waals surface area contributed by atoms with Crippen molar-refractivity contribution in [2.24, 2.45) is 0 Å². The molecule has 0 unspecified atom stereocenters. The number of carbonyl (C=O) groups excluding carboxylic acids is 1. The first-order valence-electron chi connectivity index (χ1n) is 8.83. The molecule has 0 radical (unpaired) electrons. The van der Waals surface area contributed by atoms with Gasteiger partial charge in [-0.25, -0.2) is 4.68 Å².